The summed E-state index contributed by atoms with van der Waals surface area (Å²) in [5, 5.41) is -0.466. The molecule has 2 aliphatic rings. The van der Waals surface area contributed by atoms with Crippen molar-refractivity contribution < 1.29 is 28.6 Å². The largest absolute Gasteiger partial charge is 0.493 e. The first-order valence-electron chi connectivity index (χ1n) is 11.0. The van der Waals surface area contributed by atoms with Crippen LogP contribution in [-0.2, 0) is 20.9 Å². The molecule has 2 aromatic carbocycles. The minimum atomic E-state index is -0.489. The number of carbonyl (C=O) groups excluding carboxylic acids is 3. The predicted octanol–water partition coefficient (Wildman–Crippen LogP) is 4.24. The Balaban J connectivity index is 1.49. The smallest absolute Gasteiger partial charge is 0.294 e. The number of halogens is 1. The van der Waals surface area contributed by atoms with Gasteiger partial charge in [0.15, 0.2) is 11.5 Å². The fraction of sp³-hybridized carbons (Fsp3) is 0.320. The van der Waals surface area contributed by atoms with Gasteiger partial charge in [-0.15, -0.1) is 0 Å². The van der Waals surface area contributed by atoms with E-state index in [4.69, 9.17) is 14.2 Å². The number of imide groups is 1. The van der Waals surface area contributed by atoms with Gasteiger partial charge in [-0.3, -0.25) is 19.3 Å². The maximum atomic E-state index is 12.9. The Morgan fingerprint density at radius 2 is 1.94 bits per heavy atom. The highest BCUT2D eigenvalue weighted by Crippen LogP contribution is 2.39. The van der Waals surface area contributed by atoms with E-state index >= 15 is 0 Å². The monoisotopic (exact) mass is 560 g/mol. The van der Waals surface area contributed by atoms with E-state index in [-0.39, 0.29) is 17.4 Å². The van der Waals surface area contributed by atoms with E-state index < -0.39 is 11.1 Å². The summed E-state index contributed by atoms with van der Waals surface area (Å²) in [6.07, 6.45) is 1.61. The van der Waals surface area contributed by atoms with Crippen molar-refractivity contribution in [1.29, 1.82) is 0 Å². The fourth-order valence-electron chi connectivity index (χ4n) is 3.72. The van der Waals surface area contributed by atoms with Crippen LogP contribution in [0.4, 0.5) is 4.79 Å². The number of benzene rings is 2. The van der Waals surface area contributed by atoms with Crippen molar-refractivity contribution >= 4 is 50.8 Å². The molecule has 0 radical (unpaired) electrons. The first kappa shape index (κ1) is 25.3. The molecule has 0 atom stereocenters. The average molecular weight is 561 g/mol. The quantitative estimate of drug-likeness (QED) is 0.468. The molecule has 2 fully saturated rings. The van der Waals surface area contributed by atoms with Crippen molar-refractivity contribution in [3.63, 3.8) is 0 Å². The molecule has 0 unspecified atom stereocenters. The number of morpholine rings is 1. The lowest BCUT2D eigenvalue weighted by Gasteiger charge is -2.28. The van der Waals surface area contributed by atoms with Crippen molar-refractivity contribution in [2.45, 2.75) is 13.5 Å². The topological polar surface area (TPSA) is 85.4 Å². The Morgan fingerprint density at radius 1 is 1.20 bits per heavy atom. The number of methoxy groups -OCH3 is 1. The lowest BCUT2D eigenvalue weighted by Crippen LogP contribution is -2.46. The van der Waals surface area contributed by atoms with Gasteiger partial charge in [-0.1, -0.05) is 24.3 Å². The van der Waals surface area contributed by atoms with E-state index in [0.717, 1.165) is 27.8 Å². The van der Waals surface area contributed by atoms with Gasteiger partial charge < -0.3 is 19.1 Å². The molecular weight excluding hydrogens is 536 g/mol. The summed E-state index contributed by atoms with van der Waals surface area (Å²) >= 11 is 4.35. The highest BCUT2D eigenvalue weighted by Gasteiger charge is 2.37. The molecule has 0 aliphatic carbocycles. The second kappa shape index (κ2) is 11.3. The number of nitrogens with zero attached hydrogens (tertiary/aromatic N) is 2. The SMILES string of the molecule is COc1cc(/C=C2\SC(=O)N(CC(=O)N3CCOCC3)C2=O)cc(Br)c1OCc1ccccc1C. The standard InChI is InChI=1S/C25H25BrN2O6S/c1-16-5-3-4-6-18(16)15-34-23-19(26)11-17(12-20(23)32-2)13-21-24(30)28(25(31)35-21)14-22(29)27-7-9-33-10-8-27/h3-6,11-13H,7-10,14-15H2,1-2H3/b21-13-. The molecule has 0 spiro atoms. The number of thioether (sulfide) groups is 1. The van der Waals surface area contributed by atoms with Crippen LogP contribution in [0.5, 0.6) is 11.5 Å². The second-order valence-corrected chi connectivity index (χ2v) is 9.86. The van der Waals surface area contributed by atoms with Crippen molar-refractivity contribution in [2.24, 2.45) is 0 Å². The second-order valence-electron chi connectivity index (χ2n) is 8.01. The van der Waals surface area contributed by atoms with Crippen LogP contribution in [0.2, 0.25) is 0 Å². The molecule has 184 valence electrons. The lowest BCUT2D eigenvalue weighted by molar-refractivity contribution is -0.139. The van der Waals surface area contributed by atoms with Gasteiger partial charge in [0.25, 0.3) is 11.1 Å². The molecule has 2 aliphatic heterocycles. The molecule has 3 amide bonds. The minimum Gasteiger partial charge on any atom is -0.493 e. The fourth-order valence-corrected chi connectivity index (χ4v) is 5.13. The van der Waals surface area contributed by atoms with Gasteiger partial charge in [0, 0.05) is 13.1 Å². The van der Waals surface area contributed by atoms with Crippen LogP contribution in [0, 0.1) is 6.92 Å². The summed E-state index contributed by atoms with van der Waals surface area (Å²) < 4.78 is 17.5. The molecule has 8 nitrogen and oxygen atoms in total. The van der Waals surface area contributed by atoms with E-state index in [1.807, 2.05) is 31.2 Å². The van der Waals surface area contributed by atoms with Gasteiger partial charge in [0.05, 0.1) is 29.7 Å². The molecule has 2 saturated heterocycles. The number of amides is 3. The van der Waals surface area contributed by atoms with Gasteiger partial charge in [0.2, 0.25) is 5.91 Å². The van der Waals surface area contributed by atoms with E-state index in [1.54, 1.807) is 23.1 Å². The molecule has 2 aromatic rings. The zero-order chi connectivity index (χ0) is 24.9. The van der Waals surface area contributed by atoms with Crippen molar-refractivity contribution in [2.75, 3.05) is 40.0 Å². The van der Waals surface area contributed by atoms with Crippen LogP contribution in [0.1, 0.15) is 16.7 Å². The lowest BCUT2D eigenvalue weighted by atomic mass is 10.1. The molecule has 4 rings (SSSR count). The normalized spacial score (nSPS) is 17.3. The third-order valence-corrected chi connectivity index (χ3v) is 7.21. The van der Waals surface area contributed by atoms with E-state index in [0.29, 0.717) is 54.4 Å². The number of hydrogen-bond donors (Lipinski definition) is 0. The number of aryl methyl sites for hydroxylation is 1. The van der Waals surface area contributed by atoms with Crippen molar-refractivity contribution in [1.82, 2.24) is 9.80 Å². The summed E-state index contributed by atoms with van der Waals surface area (Å²) in [4.78, 5) is 40.7. The van der Waals surface area contributed by atoms with Crippen molar-refractivity contribution in [3.05, 3.63) is 62.5 Å². The maximum absolute atomic E-state index is 12.9. The highest BCUT2D eigenvalue weighted by atomic mass is 79.9. The van der Waals surface area contributed by atoms with Gasteiger partial charge >= 0.3 is 0 Å². The summed E-state index contributed by atoms with van der Waals surface area (Å²) in [7, 11) is 1.54. The number of hydrogen-bond acceptors (Lipinski definition) is 7. The van der Waals surface area contributed by atoms with Crippen LogP contribution in [0.25, 0.3) is 6.08 Å². The first-order valence-corrected chi connectivity index (χ1v) is 12.6. The number of ether oxygens (including phenoxy) is 3. The zero-order valence-electron chi connectivity index (χ0n) is 19.4. The molecule has 10 heteroatoms. The summed E-state index contributed by atoms with van der Waals surface area (Å²) in [5.41, 5.74) is 2.84. The van der Waals surface area contributed by atoms with Crippen LogP contribution < -0.4 is 9.47 Å². The average Bonchev–Trinajstić information content (AvgIpc) is 3.11. The molecule has 2 heterocycles. The third-order valence-electron chi connectivity index (χ3n) is 5.71. The third kappa shape index (κ3) is 5.88. The Hall–Kier alpha value is -2.82. The first-order chi connectivity index (χ1) is 16.9. The van der Waals surface area contributed by atoms with Crippen LogP contribution in [0.3, 0.4) is 0 Å². The van der Waals surface area contributed by atoms with E-state index in [1.165, 1.54) is 7.11 Å². The van der Waals surface area contributed by atoms with Gasteiger partial charge in [-0.05, 0) is 69.5 Å². The molecule has 0 N–H and O–H groups in total. The molecule has 35 heavy (non-hydrogen) atoms. The minimum absolute atomic E-state index is 0.243. The Labute approximate surface area is 216 Å². The number of carbonyl (C=O) groups is 3. The van der Waals surface area contributed by atoms with Gasteiger partial charge in [-0.25, -0.2) is 0 Å². The summed E-state index contributed by atoms with van der Waals surface area (Å²) in [6, 6.07) is 11.5. The Morgan fingerprint density at radius 3 is 2.66 bits per heavy atom. The molecular formula is C25H25BrN2O6S. The van der Waals surface area contributed by atoms with E-state index in [2.05, 4.69) is 15.9 Å². The van der Waals surface area contributed by atoms with Crippen LogP contribution in [-0.4, -0.2) is 66.8 Å². The summed E-state index contributed by atoms with van der Waals surface area (Å²) in [6.45, 7) is 3.94. The maximum Gasteiger partial charge on any atom is 0.294 e. The molecule has 0 aromatic heterocycles. The summed E-state index contributed by atoms with van der Waals surface area (Å²) in [5.74, 6) is 0.269. The van der Waals surface area contributed by atoms with Gasteiger partial charge in [-0.2, -0.15) is 0 Å². The molecule has 0 bridgehead atoms. The van der Waals surface area contributed by atoms with Crippen molar-refractivity contribution in [3.8, 4) is 11.5 Å². The van der Waals surface area contributed by atoms with Crippen LogP contribution in [0.15, 0.2) is 45.8 Å². The zero-order valence-corrected chi connectivity index (χ0v) is 21.8. The Kier molecular flexibility index (Phi) is 8.15. The predicted molar refractivity (Wildman–Crippen MR) is 136 cm³/mol. The van der Waals surface area contributed by atoms with Gasteiger partial charge in [0.1, 0.15) is 13.2 Å². The number of rotatable bonds is 7. The highest BCUT2D eigenvalue weighted by molar-refractivity contribution is 9.10. The molecule has 0 saturated carbocycles. The van der Waals surface area contributed by atoms with Crippen LogP contribution >= 0.6 is 27.7 Å². The Bertz CT molecular complexity index is 1180. The van der Waals surface area contributed by atoms with E-state index in [9.17, 15) is 14.4 Å².